The van der Waals surface area contributed by atoms with E-state index in [0.29, 0.717) is 16.7 Å². The Morgan fingerprint density at radius 1 is 1.25 bits per heavy atom. The molecule has 146 valence electrons. The molecule has 6 nitrogen and oxygen atoms in total. The van der Waals surface area contributed by atoms with Crippen LogP contribution in [0.1, 0.15) is 16.9 Å². The van der Waals surface area contributed by atoms with Crippen molar-refractivity contribution in [2.75, 3.05) is 11.5 Å². The lowest BCUT2D eigenvalue weighted by Gasteiger charge is -2.08. The van der Waals surface area contributed by atoms with Crippen LogP contribution in [0, 0.1) is 10.1 Å². The molecule has 2 aromatic heterocycles. The van der Waals surface area contributed by atoms with Gasteiger partial charge in [-0.3, -0.25) is 14.9 Å². The highest BCUT2D eigenvalue weighted by atomic mass is 35.5. The number of non-ortho nitro benzene ring substituents is 1. The van der Waals surface area contributed by atoms with E-state index in [1.165, 1.54) is 34.3 Å². The second kappa shape index (κ2) is 8.44. The van der Waals surface area contributed by atoms with E-state index in [0.717, 1.165) is 34.4 Å². The maximum atomic E-state index is 12.5. The zero-order valence-electron chi connectivity index (χ0n) is 14.6. The Labute approximate surface area is 178 Å². The summed E-state index contributed by atoms with van der Waals surface area (Å²) in [5.74, 6) is 1.27. The molecule has 0 aliphatic heterocycles. The van der Waals surface area contributed by atoms with Crippen molar-refractivity contribution in [3.8, 4) is 0 Å². The molecule has 4 rings (SSSR count). The minimum absolute atomic E-state index is 0.0572. The third kappa shape index (κ3) is 4.22. The predicted molar refractivity (Wildman–Crippen MR) is 116 cm³/mol. The van der Waals surface area contributed by atoms with Crippen LogP contribution >= 0.6 is 46.5 Å². The van der Waals surface area contributed by atoms with Crippen molar-refractivity contribution in [2.45, 2.75) is 34.7 Å². The van der Waals surface area contributed by atoms with Gasteiger partial charge in [-0.25, -0.2) is 4.98 Å². The van der Waals surface area contributed by atoms with Gasteiger partial charge in [-0.15, -0.1) is 34.7 Å². The number of thiophene rings is 1. The van der Waals surface area contributed by atoms with Crippen LogP contribution in [0.2, 0.25) is 0 Å². The zero-order chi connectivity index (χ0) is 19.7. The molecule has 2 heterocycles. The number of rotatable bonds is 7. The largest absolute Gasteiger partial charge is 0.301 e. The summed E-state index contributed by atoms with van der Waals surface area (Å²) in [6.45, 7) is 0. The molecule has 0 fully saturated rings. The van der Waals surface area contributed by atoms with E-state index in [-0.39, 0.29) is 16.6 Å². The molecule has 0 bridgehead atoms. The van der Waals surface area contributed by atoms with Gasteiger partial charge >= 0.3 is 0 Å². The highest BCUT2D eigenvalue weighted by Crippen LogP contribution is 2.35. The monoisotopic (exact) mass is 453 g/mol. The van der Waals surface area contributed by atoms with Gasteiger partial charge in [0.15, 0.2) is 5.16 Å². The first kappa shape index (κ1) is 19.8. The van der Waals surface area contributed by atoms with Crippen molar-refractivity contribution in [1.82, 2.24) is 9.97 Å². The standard InChI is InChI=1S/C18H16ClN3O3S3/c19-10(8-26-12-6-4-11(5-7-12)22(24)25)9-27-18-20-16(23)15-13-2-1-3-14(13)28-17(15)21-18/h4-7,10H,1-3,8-9H2,(H,20,21,23). The number of nitro groups is 1. The number of nitro benzene ring substituents is 1. The average molecular weight is 454 g/mol. The lowest BCUT2D eigenvalue weighted by atomic mass is 10.2. The van der Waals surface area contributed by atoms with Crippen LogP contribution in [0.3, 0.4) is 0 Å². The van der Waals surface area contributed by atoms with Gasteiger partial charge in [-0.05, 0) is 37.0 Å². The molecule has 3 aromatic rings. The molecule has 1 aromatic carbocycles. The quantitative estimate of drug-likeness (QED) is 0.180. The summed E-state index contributed by atoms with van der Waals surface area (Å²) in [7, 11) is 0. The van der Waals surface area contributed by atoms with Crippen molar-refractivity contribution in [2.24, 2.45) is 0 Å². The van der Waals surface area contributed by atoms with Gasteiger partial charge in [0.2, 0.25) is 0 Å². The normalized spacial score (nSPS) is 14.3. The number of fused-ring (bicyclic) bond motifs is 3. The Morgan fingerprint density at radius 3 is 2.75 bits per heavy atom. The van der Waals surface area contributed by atoms with Gasteiger partial charge in [0.05, 0.1) is 15.7 Å². The molecule has 10 heteroatoms. The lowest BCUT2D eigenvalue weighted by Crippen LogP contribution is -2.11. The second-order valence-corrected chi connectivity index (χ2v) is 10.2. The Hall–Kier alpha value is -1.55. The Bertz CT molecular complexity index is 1080. The first-order chi connectivity index (χ1) is 13.5. The first-order valence-corrected chi connectivity index (χ1v) is 11.9. The molecule has 1 atom stereocenters. The fourth-order valence-electron chi connectivity index (χ4n) is 3.12. The number of nitrogens with one attached hydrogen (secondary N) is 1. The van der Waals surface area contributed by atoms with E-state index in [1.54, 1.807) is 35.2 Å². The van der Waals surface area contributed by atoms with Crippen LogP contribution in [-0.2, 0) is 12.8 Å². The molecule has 1 aliphatic carbocycles. The molecule has 0 spiro atoms. The van der Waals surface area contributed by atoms with Crippen molar-refractivity contribution in [3.63, 3.8) is 0 Å². The van der Waals surface area contributed by atoms with Crippen LogP contribution < -0.4 is 5.56 Å². The summed E-state index contributed by atoms with van der Waals surface area (Å²) < 4.78 is 0. The number of thioether (sulfide) groups is 2. The topological polar surface area (TPSA) is 88.9 Å². The van der Waals surface area contributed by atoms with E-state index < -0.39 is 4.92 Å². The van der Waals surface area contributed by atoms with Crippen molar-refractivity contribution in [1.29, 1.82) is 0 Å². The number of nitrogens with zero attached hydrogens (tertiary/aromatic N) is 2. The molecule has 1 N–H and O–H groups in total. The molecule has 28 heavy (non-hydrogen) atoms. The number of hydrogen-bond acceptors (Lipinski definition) is 7. The summed E-state index contributed by atoms with van der Waals surface area (Å²) in [5.41, 5.74) is 1.20. The van der Waals surface area contributed by atoms with Crippen molar-refractivity contribution in [3.05, 3.63) is 55.2 Å². The maximum Gasteiger partial charge on any atom is 0.269 e. The Kier molecular flexibility index (Phi) is 5.96. The zero-order valence-corrected chi connectivity index (χ0v) is 17.8. The lowest BCUT2D eigenvalue weighted by molar-refractivity contribution is -0.384. The maximum absolute atomic E-state index is 12.5. The van der Waals surface area contributed by atoms with E-state index >= 15 is 0 Å². The minimum Gasteiger partial charge on any atom is -0.301 e. The number of H-pyrrole nitrogens is 1. The Morgan fingerprint density at radius 2 is 2.00 bits per heavy atom. The molecule has 1 aliphatic rings. The van der Waals surface area contributed by atoms with Crippen LogP contribution in [0.5, 0.6) is 0 Å². The predicted octanol–water partition coefficient (Wildman–Crippen LogP) is 4.87. The van der Waals surface area contributed by atoms with E-state index in [1.807, 2.05) is 0 Å². The molecule has 0 radical (unpaired) electrons. The van der Waals surface area contributed by atoms with E-state index in [4.69, 9.17) is 11.6 Å². The summed E-state index contributed by atoms with van der Waals surface area (Å²) in [5, 5.41) is 11.9. The first-order valence-electron chi connectivity index (χ1n) is 8.70. The summed E-state index contributed by atoms with van der Waals surface area (Å²) in [6, 6.07) is 6.43. The fraction of sp³-hybridized carbons (Fsp3) is 0.333. The number of aromatic nitrogens is 2. The van der Waals surface area contributed by atoms with Crippen LogP contribution in [0.4, 0.5) is 5.69 Å². The highest BCUT2D eigenvalue weighted by Gasteiger charge is 2.21. The third-order valence-electron chi connectivity index (χ3n) is 4.43. The molecular formula is C18H16ClN3O3S3. The number of alkyl halides is 1. The van der Waals surface area contributed by atoms with Crippen LogP contribution in [-0.4, -0.2) is 31.8 Å². The Balaban J connectivity index is 1.35. The molecule has 0 amide bonds. The number of benzene rings is 1. The molecular weight excluding hydrogens is 438 g/mol. The SMILES string of the molecule is O=c1[nH]c(SCC(Cl)CSc2ccc([N+](=O)[O-])cc2)nc2sc3c(c12)CCC3. The highest BCUT2D eigenvalue weighted by molar-refractivity contribution is 8.00. The number of aryl methyl sites for hydroxylation is 2. The molecule has 0 saturated carbocycles. The van der Waals surface area contributed by atoms with Gasteiger partial charge in [0.1, 0.15) is 4.83 Å². The van der Waals surface area contributed by atoms with Crippen LogP contribution in [0.25, 0.3) is 10.2 Å². The average Bonchev–Trinajstić information content (AvgIpc) is 3.25. The number of hydrogen-bond donors (Lipinski definition) is 1. The van der Waals surface area contributed by atoms with Crippen molar-refractivity contribution < 1.29 is 4.92 Å². The second-order valence-electron chi connectivity index (χ2n) is 6.38. The van der Waals surface area contributed by atoms with E-state index in [2.05, 4.69) is 9.97 Å². The van der Waals surface area contributed by atoms with Gasteiger partial charge in [-0.1, -0.05) is 11.8 Å². The van der Waals surface area contributed by atoms with Gasteiger partial charge in [0, 0.05) is 33.4 Å². The van der Waals surface area contributed by atoms with Gasteiger partial charge in [-0.2, -0.15) is 0 Å². The van der Waals surface area contributed by atoms with Gasteiger partial charge < -0.3 is 4.98 Å². The smallest absolute Gasteiger partial charge is 0.269 e. The van der Waals surface area contributed by atoms with Crippen molar-refractivity contribution >= 4 is 62.4 Å². The van der Waals surface area contributed by atoms with E-state index in [9.17, 15) is 14.9 Å². The fourth-order valence-corrected chi connectivity index (χ4v) is 6.56. The number of aromatic amines is 1. The van der Waals surface area contributed by atoms with Crippen LogP contribution in [0.15, 0.2) is 39.1 Å². The molecule has 0 saturated heterocycles. The summed E-state index contributed by atoms with van der Waals surface area (Å²) in [4.78, 5) is 33.3. The third-order valence-corrected chi connectivity index (χ3v) is 8.50. The summed E-state index contributed by atoms with van der Waals surface area (Å²) >= 11 is 11.0. The minimum atomic E-state index is -0.414. The summed E-state index contributed by atoms with van der Waals surface area (Å²) in [6.07, 6.45) is 3.13. The molecule has 1 unspecified atom stereocenters. The number of halogens is 1. The van der Waals surface area contributed by atoms with Gasteiger partial charge in [0.25, 0.3) is 11.2 Å².